The van der Waals surface area contributed by atoms with Gasteiger partial charge >= 0.3 is 0 Å². The molecule has 0 aromatic carbocycles. The van der Waals surface area contributed by atoms with Crippen molar-refractivity contribution >= 4 is 0 Å². The zero-order valence-electron chi connectivity index (χ0n) is 9.21. The maximum atomic E-state index is 5.93. The first-order chi connectivity index (χ1) is 6.58. The maximum absolute atomic E-state index is 5.93. The van der Waals surface area contributed by atoms with Gasteiger partial charge in [0.25, 0.3) is 0 Å². The summed E-state index contributed by atoms with van der Waals surface area (Å²) < 4.78 is 11.5. The normalized spacial score (nSPS) is 34.1. The molecule has 2 aliphatic rings. The van der Waals surface area contributed by atoms with Crippen LogP contribution < -0.4 is 5.73 Å². The van der Waals surface area contributed by atoms with Gasteiger partial charge in [-0.15, -0.1) is 0 Å². The molecule has 1 aliphatic heterocycles. The largest absolute Gasteiger partial charge is 0.348 e. The molecule has 0 bridgehead atoms. The predicted molar refractivity (Wildman–Crippen MR) is 54.9 cm³/mol. The van der Waals surface area contributed by atoms with Crippen molar-refractivity contribution < 1.29 is 9.47 Å². The quantitative estimate of drug-likeness (QED) is 0.751. The van der Waals surface area contributed by atoms with Gasteiger partial charge in [0.05, 0.1) is 12.7 Å². The SMILES string of the molecule is CC1(C)OCC(C2(CCN)CCC2)O1. The standard InChI is InChI=1S/C11H21NO2/c1-10(2)13-8-9(14-10)11(6-7-12)4-3-5-11/h9H,3-8,12H2,1-2H3. The molecule has 2 N–H and O–H groups in total. The molecule has 82 valence electrons. The average Bonchev–Trinajstić information content (AvgIpc) is 2.38. The molecule has 14 heavy (non-hydrogen) atoms. The van der Waals surface area contributed by atoms with Crippen LogP contribution in [0.5, 0.6) is 0 Å². The Hall–Kier alpha value is -0.120. The van der Waals surface area contributed by atoms with E-state index in [1.807, 2.05) is 13.8 Å². The van der Waals surface area contributed by atoms with Crippen LogP contribution in [0.4, 0.5) is 0 Å². The molecule has 0 aromatic heterocycles. The third kappa shape index (κ3) is 1.69. The second kappa shape index (κ2) is 3.47. The van der Waals surface area contributed by atoms with Gasteiger partial charge in [0, 0.05) is 5.41 Å². The van der Waals surface area contributed by atoms with E-state index in [4.69, 9.17) is 15.2 Å². The summed E-state index contributed by atoms with van der Waals surface area (Å²) in [5.74, 6) is -0.387. The highest BCUT2D eigenvalue weighted by molar-refractivity contribution is 4.97. The lowest BCUT2D eigenvalue weighted by Crippen LogP contribution is -2.44. The minimum Gasteiger partial charge on any atom is -0.348 e. The molecule has 0 radical (unpaired) electrons. The van der Waals surface area contributed by atoms with Crippen LogP contribution in [0.15, 0.2) is 0 Å². The summed E-state index contributed by atoms with van der Waals surface area (Å²) in [5.41, 5.74) is 6.00. The zero-order chi connectivity index (χ0) is 10.2. The van der Waals surface area contributed by atoms with Gasteiger partial charge in [-0.3, -0.25) is 0 Å². The van der Waals surface area contributed by atoms with Gasteiger partial charge < -0.3 is 15.2 Å². The lowest BCUT2D eigenvalue weighted by Gasteiger charge is -2.45. The third-order valence-corrected chi connectivity index (χ3v) is 3.68. The first-order valence-corrected chi connectivity index (χ1v) is 5.60. The van der Waals surface area contributed by atoms with Crippen LogP contribution in [-0.2, 0) is 9.47 Å². The fourth-order valence-electron chi connectivity index (χ4n) is 2.64. The van der Waals surface area contributed by atoms with Gasteiger partial charge in [0.1, 0.15) is 0 Å². The van der Waals surface area contributed by atoms with Crippen LogP contribution >= 0.6 is 0 Å². The molecule has 2 rings (SSSR count). The molecular formula is C11H21NO2. The second-order valence-corrected chi connectivity index (χ2v) is 5.07. The second-order valence-electron chi connectivity index (χ2n) is 5.07. The van der Waals surface area contributed by atoms with Crippen molar-refractivity contribution in [2.45, 2.75) is 51.4 Å². The van der Waals surface area contributed by atoms with E-state index in [1.165, 1.54) is 19.3 Å². The summed E-state index contributed by atoms with van der Waals surface area (Å²) in [6.07, 6.45) is 5.19. The summed E-state index contributed by atoms with van der Waals surface area (Å²) in [6, 6.07) is 0. The minimum atomic E-state index is -0.387. The Bertz CT molecular complexity index is 211. The first kappa shape index (κ1) is 10.4. The minimum absolute atomic E-state index is 0.273. The van der Waals surface area contributed by atoms with E-state index in [2.05, 4.69) is 0 Å². The van der Waals surface area contributed by atoms with Crippen molar-refractivity contribution in [2.24, 2.45) is 11.1 Å². The van der Waals surface area contributed by atoms with Crippen molar-refractivity contribution in [2.75, 3.05) is 13.2 Å². The Labute approximate surface area is 85.9 Å². The number of hydrogen-bond donors (Lipinski definition) is 1. The van der Waals surface area contributed by atoms with Gasteiger partial charge in [0.2, 0.25) is 0 Å². The Balaban J connectivity index is 2.00. The Morgan fingerprint density at radius 2 is 2.07 bits per heavy atom. The molecular weight excluding hydrogens is 178 g/mol. The Morgan fingerprint density at radius 3 is 2.43 bits per heavy atom. The summed E-state index contributed by atoms with van der Waals surface area (Å²) in [5, 5.41) is 0. The molecule has 0 spiro atoms. The highest BCUT2D eigenvalue weighted by Crippen LogP contribution is 2.50. The Kier molecular flexibility index (Phi) is 2.58. The monoisotopic (exact) mass is 199 g/mol. The zero-order valence-corrected chi connectivity index (χ0v) is 9.21. The summed E-state index contributed by atoms with van der Waals surface area (Å²) in [6.45, 7) is 5.48. The van der Waals surface area contributed by atoms with Crippen LogP contribution in [-0.4, -0.2) is 25.0 Å². The maximum Gasteiger partial charge on any atom is 0.163 e. The third-order valence-electron chi connectivity index (χ3n) is 3.68. The van der Waals surface area contributed by atoms with Crippen molar-refractivity contribution in [3.05, 3.63) is 0 Å². The number of rotatable bonds is 3. The molecule has 1 heterocycles. The molecule has 1 atom stereocenters. The highest BCUT2D eigenvalue weighted by Gasteiger charge is 2.49. The molecule has 3 nitrogen and oxygen atoms in total. The van der Waals surface area contributed by atoms with Crippen LogP contribution in [0.3, 0.4) is 0 Å². The van der Waals surface area contributed by atoms with E-state index in [-0.39, 0.29) is 11.9 Å². The number of hydrogen-bond acceptors (Lipinski definition) is 3. The molecule has 3 heteroatoms. The van der Waals surface area contributed by atoms with E-state index in [9.17, 15) is 0 Å². The molecule has 1 aliphatic carbocycles. The van der Waals surface area contributed by atoms with Crippen molar-refractivity contribution in [1.29, 1.82) is 0 Å². The molecule has 2 fully saturated rings. The van der Waals surface area contributed by atoms with Crippen molar-refractivity contribution in [1.82, 2.24) is 0 Å². The van der Waals surface area contributed by atoms with E-state index in [0.717, 1.165) is 19.6 Å². The first-order valence-electron chi connectivity index (χ1n) is 5.60. The van der Waals surface area contributed by atoms with Gasteiger partial charge in [-0.25, -0.2) is 0 Å². The molecule has 1 saturated carbocycles. The van der Waals surface area contributed by atoms with E-state index >= 15 is 0 Å². The highest BCUT2D eigenvalue weighted by atomic mass is 16.7. The molecule has 1 unspecified atom stereocenters. The Morgan fingerprint density at radius 1 is 1.36 bits per heavy atom. The van der Waals surface area contributed by atoms with Crippen molar-refractivity contribution in [3.63, 3.8) is 0 Å². The van der Waals surface area contributed by atoms with Crippen molar-refractivity contribution in [3.8, 4) is 0 Å². The van der Waals surface area contributed by atoms with Crippen LogP contribution in [0, 0.1) is 5.41 Å². The summed E-state index contributed by atoms with van der Waals surface area (Å²) >= 11 is 0. The number of ether oxygens (including phenoxy) is 2. The van der Waals surface area contributed by atoms with Gasteiger partial charge in [0.15, 0.2) is 5.79 Å². The van der Waals surface area contributed by atoms with Crippen LogP contribution in [0.1, 0.15) is 39.5 Å². The van der Waals surface area contributed by atoms with E-state index in [1.54, 1.807) is 0 Å². The summed E-state index contributed by atoms with van der Waals surface area (Å²) in [7, 11) is 0. The fraction of sp³-hybridized carbons (Fsp3) is 1.00. The fourth-order valence-corrected chi connectivity index (χ4v) is 2.64. The van der Waals surface area contributed by atoms with Crippen LogP contribution in [0.25, 0.3) is 0 Å². The molecule has 0 aromatic rings. The van der Waals surface area contributed by atoms with Gasteiger partial charge in [-0.05, 0) is 39.7 Å². The molecule has 1 saturated heterocycles. The molecule has 0 amide bonds. The number of nitrogens with two attached hydrogens (primary N) is 1. The van der Waals surface area contributed by atoms with Crippen LogP contribution in [0.2, 0.25) is 0 Å². The van der Waals surface area contributed by atoms with E-state index < -0.39 is 0 Å². The lowest BCUT2D eigenvalue weighted by atomic mass is 9.63. The summed E-state index contributed by atoms with van der Waals surface area (Å²) in [4.78, 5) is 0. The van der Waals surface area contributed by atoms with Gasteiger partial charge in [-0.2, -0.15) is 0 Å². The smallest absolute Gasteiger partial charge is 0.163 e. The predicted octanol–water partition coefficient (Wildman–Crippen LogP) is 1.66. The topological polar surface area (TPSA) is 44.5 Å². The van der Waals surface area contributed by atoms with E-state index in [0.29, 0.717) is 5.41 Å². The van der Waals surface area contributed by atoms with Gasteiger partial charge in [-0.1, -0.05) is 6.42 Å². The average molecular weight is 199 g/mol. The lowest BCUT2D eigenvalue weighted by molar-refractivity contribution is -0.164.